The van der Waals surface area contributed by atoms with E-state index < -0.39 is 12.4 Å². The van der Waals surface area contributed by atoms with Crippen LogP contribution in [0.25, 0.3) is 10.9 Å². The Morgan fingerprint density at radius 2 is 2.29 bits per heavy atom. The van der Waals surface area contributed by atoms with Gasteiger partial charge in [0.25, 0.3) is 0 Å². The summed E-state index contributed by atoms with van der Waals surface area (Å²) < 4.78 is 16.9. The van der Waals surface area contributed by atoms with Crippen LogP contribution in [0.3, 0.4) is 0 Å². The van der Waals surface area contributed by atoms with E-state index in [1.165, 1.54) is 0 Å². The third-order valence-corrected chi connectivity index (χ3v) is 2.82. The predicted octanol–water partition coefficient (Wildman–Crippen LogP) is 2.32. The van der Waals surface area contributed by atoms with Gasteiger partial charge in [0, 0.05) is 12.3 Å². The average Bonchev–Trinajstić information content (AvgIpc) is 2.93. The Morgan fingerprint density at radius 1 is 1.41 bits per heavy atom. The van der Waals surface area contributed by atoms with Crippen molar-refractivity contribution in [1.29, 1.82) is 0 Å². The first kappa shape index (κ1) is 10.0. The lowest BCUT2D eigenvalue weighted by molar-refractivity contribution is 0.0979. The Morgan fingerprint density at radius 3 is 3.00 bits per heavy atom. The van der Waals surface area contributed by atoms with Crippen molar-refractivity contribution in [2.75, 3.05) is 13.7 Å². The van der Waals surface area contributed by atoms with Crippen LogP contribution < -0.4 is 4.74 Å². The lowest BCUT2D eigenvalue weighted by Gasteiger charge is -2.10. The molecule has 1 aromatic heterocycles. The molecule has 1 aliphatic rings. The quantitative estimate of drug-likeness (QED) is 0.747. The third-order valence-electron chi connectivity index (χ3n) is 2.82. The fourth-order valence-corrected chi connectivity index (χ4v) is 1.96. The zero-order chi connectivity index (χ0) is 11.8. The maximum Gasteiger partial charge on any atom is 0.510 e. The molecule has 0 spiro atoms. The monoisotopic (exact) mass is 233 g/mol. The maximum absolute atomic E-state index is 10.9. The van der Waals surface area contributed by atoms with Crippen molar-refractivity contribution in [2.24, 2.45) is 0 Å². The largest absolute Gasteiger partial charge is 0.510 e. The van der Waals surface area contributed by atoms with Crippen LogP contribution in [0.4, 0.5) is 4.79 Å². The van der Waals surface area contributed by atoms with Crippen LogP contribution in [-0.2, 0) is 9.47 Å². The molecule has 5 heteroatoms. The molecule has 0 radical (unpaired) electrons. The van der Waals surface area contributed by atoms with Gasteiger partial charge in [-0.15, -0.1) is 0 Å². The van der Waals surface area contributed by atoms with E-state index in [9.17, 15) is 4.79 Å². The van der Waals surface area contributed by atoms with Crippen molar-refractivity contribution in [3.8, 4) is 5.75 Å². The van der Waals surface area contributed by atoms with E-state index in [1.54, 1.807) is 7.11 Å². The Kier molecular flexibility index (Phi) is 2.18. The van der Waals surface area contributed by atoms with Gasteiger partial charge in [0.05, 0.1) is 12.6 Å². The molecule has 3 rings (SSSR count). The minimum atomic E-state index is -0.625. The molecule has 0 aliphatic carbocycles. The maximum atomic E-state index is 10.9. The number of hydrogen-bond acceptors (Lipinski definition) is 4. The summed E-state index contributed by atoms with van der Waals surface area (Å²) >= 11 is 0. The van der Waals surface area contributed by atoms with Gasteiger partial charge < -0.3 is 18.8 Å². The molecular weight excluding hydrogens is 222 g/mol. The van der Waals surface area contributed by atoms with Gasteiger partial charge in [-0.1, -0.05) is 0 Å². The number of benzene rings is 1. The molecule has 1 saturated heterocycles. The Bertz CT molecular complexity index is 575. The molecule has 2 heterocycles. The van der Waals surface area contributed by atoms with Gasteiger partial charge in [0.15, 0.2) is 6.61 Å². The van der Waals surface area contributed by atoms with Crippen molar-refractivity contribution in [2.45, 2.75) is 6.23 Å². The molecule has 1 fully saturated rings. The first-order valence-corrected chi connectivity index (χ1v) is 5.26. The summed E-state index contributed by atoms with van der Waals surface area (Å²) in [7, 11) is 1.62. The van der Waals surface area contributed by atoms with E-state index in [4.69, 9.17) is 14.2 Å². The molecule has 88 valence electrons. The van der Waals surface area contributed by atoms with E-state index in [0.717, 1.165) is 16.7 Å². The second kappa shape index (κ2) is 3.69. The summed E-state index contributed by atoms with van der Waals surface area (Å²) in [5.41, 5.74) is 0.952. The Labute approximate surface area is 97.5 Å². The lowest BCUT2D eigenvalue weighted by atomic mass is 10.2. The molecule has 1 aromatic carbocycles. The van der Waals surface area contributed by atoms with E-state index in [-0.39, 0.29) is 6.61 Å². The first-order valence-electron chi connectivity index (χ1n) is 5.26. The third kappa shape index (κ3) is 1.60. The van der Waals surface area contributed by atoms with E-state index in [2.05, 4.69) is 0 Å². The Hall–Kier alpha value is -2.17. The van der Waals surface area contributed by atoms with Crippen LogP contribution in [-0.4, -0.2) is 24.4 Å². The molecule has 1 atom stereocenters. The van der Waals surface area contributed by atoms with Crippen LogP contribution in [0.5, 0.6) is 5.75 Å². The molecule has 1 aliphatic heterocycles. The van der Waals surface area contributed by atoms with Gasteiger partial charge in [-0.05, 0) is 23.6 Å². The number of rotatable bonds is 2. The number of carbonyl (C=O) groups excluding carboxylic acids is 1. The molecule has 17 heavy (non-hydrogen) atoms. The molecule has 0 bridgehead atoms. The van der Waals surface area contributed by atoms with Crippen molar-refractivity contribution in [3.05, 3.63) is 30.5 Å². The van der Waals surface area contributed by atoms with Crippen LogP contribution >= 0.6 is 0 Å². The molecule has 0 saturated carbocycles. The summed E-state index contributed by atoms with van der Waals surface area (Å²) in [5, 5.41) is 1.06. The zero-order valence-corrected chi connectivity index (χ0v) is 9.25. The summed E-state index contributed by atoms with van der Waals surface area (Å²) in [5.74, 6) is 0.766. The first-order chi connectivity index (χ1) is 8.28. The summed E-state index contributed by atoms with van der Waals surface area (Å²) in [4.78, 5) is 10.9. The predicted molar refractivity (Wildman–Crippen MR) is 60.0 cm³/mol. The normalized spacial score (nSPS) is 19.1. The van der Waals surface area contributed by atoms with Gasteiger partial charge >= 0.3 is 6.16 Å². The summed E-state index contributed by atoms with van der Waals surface area (Å²) in [6, 6.07) is 7.72. The molecule has 0 amide bonds. The molecule has 1 unspecified atom stereocenters. The lowest BCUT2D eigenvalue weighted by Crippen LogP contribution is -2.09. The number of hydrogen-bond donors (Lipinski definition) is 0. The van der Waals surface area contributed by atoms with Gasteiger partial charge in [0.1, 0.15) is 5.75 Å². The Balaban J connectivity index is 2.07. The van der Waals surface area contributed by atoms with Crippen LogP contribution in [0.2, 0.25) is 0 Å². The van der Waals surface area contributed by atoms with E-state index >= 15 is 0 Å². The van der Waals surface area contributed by atoms with Crippen LogP contribution in [0.1, 0.15) is 6.23 Å². The fraction of sp³-hybridized carbons (Fsp3) is 0.250. The molecule has 5 nitrogen and oxygen atoms in total. The summed E-state index contributed by atoms with van der Waals surface area (Å²) in [6.07, 6.45) is 0.850. The van der Waals surface area contributed by atoms with Gasteiger partial charge in [0.2, 0.25) is 6.23 Å². The zero-order valence-electron chi connectivity index (χ0n) is 9.25. The van der Waals surface area contributed by atoms with Gasteiger partial charge in [-0.25, -0.2) is 4.79 Å². The highest BCUT2D eigenvalue weighted by molar-refractivity contribution is 5.81. The molecule has 2 aromatic rings. The second-order valence-electron chi connectivity index (χ2n) is 3.78. The van der Waals surface area contributed by atoms with E-state index in [0.29, 0.717) is 0 Å². The topological polar surface area (TPSA) is 49.7 Å². The van der Waals surface area contributed by atoms with Crippen molar-refractivity contribution in [3.63, 3.8) is 0 Å². The summed E-state index contributed by atoms with van der Waals surface area (Å²) in [6.45, 7) is 0.236. The number of carbonyl (C=O) groups is 1. The number of ether oxygens (including phenoxy) is 3. The van der Waals surface area contributed by atoms with Crippen molar-refractivity contribution < 1.29 is 19.0 Å². The highest BCUT2D eigenvalue weighted by Crippen LogP contribution is 2.27. The van der Waals surface area contributed by atoms with E-state index in [1.807, 2.05) is 35.0 Å². The molecular formula is C12H11NO4. The standard InChI is InChI=1S/C12H11NO4/c1-15-9-3-2-8-4-5-13(10(8)6-9)11-7-16-12(14)17-11/h2-6,11H,7H2,1H3. The smallest absolute Gasteiger partial charge is 0.497 e. The average molecular weight is 233 g/mol. The number of methoxy groups -OCH3 is 1. The highest BCUT2D eigenvalue weighted by atomic mass is 16.8. The number of nitrogens with zero attached hydrogens (tertiary/aromatic N) is 1. The van der Waals surface area contributed by atoms with Crippen molar-refractivity contribution in [1.82, 2.24) is 4.57 Å². The minimum Gasteiger partial charge on any atom is -0.497 e. The number of fused-ring (bicyclic) bond motifs is 1. The molecule has 0 N–H and O–H groups in total. The van der Waals surface area contributed by atoms with Gasteiger partial charge in [-0.2, -0.15) is 0 Å². The fourth-order valence-electron chi connectivity index (χ4n) is 1.96. The van der Waals surface area contributed by atoms with Crippen LogP contribution in [0, 0.1) is 0 Å². The van der Waals surface area contributed by atoms with Gasteiger partial charge in [-0.3, -0.25) is 0 Å². The van der Waals surface area contributed by atoms with Crippen molar-refractivity contribution >= 4 is 17.1 Å². The highest BCUT2D eigenvalue weighted by Gasteiger charge is 2.27. The number of aromatic nitrogens is 1. The SMILES string of the molecule is COc1ccc2ccn(C3COC(=O)O3)c2c1. The number of cyclic esters (lactones) is 2. The minimum absolute atomic E-state index is 0.236. The second-order valence-corrected chi connectivity index (χ2v) is 3.78. The van der Waals surface area contributed by atoms with Crippen LogP contribution in [0.15, 0.2) is 30.5 Å².